The van der Waals surface area contributed by atoms with E-state index in [0.717, 1.165) is 55.4 Å². The predicted octanol–water partition coefficient (Wildman–Crippen LogP) is 2.66. The standard InChI is InChI=1S/C19H21N3O3S.ClH/c1-26(23,24)16-7-5-15(6-8-16)19-17(14-21-10-12-25-13-11-21)22-9-3-2-4-18(22)20-19;/h2-9H,10-14H2,1H3;1H. The third-order valence-corrected chi connectivity index (χ3v) is 5.79. The van der Waals surface area contributed by atoms with E-state index < -0.39 is 9.84 Å². The maximum Gasteiger partial charge on any atom is 0.175 e. The highest BCUT2D eigenvalue weighted by atomic mass is 35.5. The summed E-state index contributed by atoms with van der Waals surface area (Å²) in [5, 5.41) is 0. The molecular formula is C19H22ClN3O3S. The zero-order valence-electron chi connectivity index (χ0n) is 15.0. The molecule has 0 unspecified atom stereocenters. The van der Waals surface area contributed by atoms with Gasteiger partial charge in [0.1, 0.15) is 5.65 Å². The van der Waals surface area contributed by atoms with Gasteiger partial charge in [0, 0.05) is 37.7 Å². The molecule has 27 heavy (non-hydrogen) atoms. The van der Waals surface area contributed by atoms with Crippen LogP contribution in [0.4, 0.5) is 0 Å². The van der Waals surface area contributed by atoms with Gasteiger partial charge in [0.25, 0.3) is 0 Å². The van der Waals surface area contributed by atoms with Crippen molar-refractivity contribution >= 4 is 27.9 Å². The number of aromatic nitrogens is 2. The summed E-state index contributed by atoms with van der Waals surface area (Å²) in [5.74, 6) is 0. The average molecular weight is 408 g/mol. The minimum absolute atomic E-state index is 0. The van der Waals surface area contributed by atoms with Gasteiger partial charge < -0.3 is 9.14 Å². The van der Waals surface area contributed by atoms with Crippen LogP contribution in [0.3, 0.4) is 0 Å². The molecule has 0 saturated carbocycles. The number of fused-ring (bicyclic) bond motifs is 1. The van der Waals surface area contributed by atoms with Crippen molar-refractivity contribution in [1.82, 2.24) is 14.3 Å². The number of pyridine rings is 1. The molecule has 0 bridgehead atoms. The lowest BCUT2D eigenvalue weighted by atomic mass is 10.1. The molecule has 1 saturated heterocycles. The first-order valence-electron chi connectivity index (χ1n) is 8.59. The van der Waals surface area contributed by atoms with Crippen LogP contribution < -0.4 is 0 Å². The zero-order chi connectivity index (χ0) is 18.1. The summed E-state index contributed by atoms with van der Waals surface area (Å²) in [7, 11) is -3.21. The van der Waals surface area contributed by atoms with Crippen molar-refractivity contribution in [1.29, 1.82) is 0 Å². The van der Waals surface area contributed by atoms with Gasteiger partial charge in [-0.1, -0.05) is 18.2 Å². The van der Waals surface area contributed by atoms with E-state index in [4.69, 9.17) is 9.72 Å². The highest BCUT2D eigenvalue weighted by molar-refractivity contribution is 7.90. The number of rotatable bonds is 4. The smallest absolute Gasteiger partial charge is 0.175 e. The summed E-state index contributed by atoms with van der Waals surface area (Å²) in [6, 6.07) is 12.9. The Morgan fingerprint density at radius 2 is 1.78 bits per heavy atom. The molecule has 4 rings (SSSR count). The van der Waals surface area contributed by atoms with Gasteiger partial charge in [0.2, 0.25) is 0 Å². The lowest BCUT2D eigenvalue weighted by molar-refractivity contribution is 0.0336. The Balaban J connectivity index is 0.00000210. The number of hydrogen-bond donors (Lipinski definition) is 0. The molecule has 0 N–H and O–H groups in total. The largest absolute Gasteiger partial charge is 0.379 e. The first-order chi connectivity index (χ1) is 12.5. The topological polar surface area (TPSA) is 63.9 Å². The van der Waals surface area contributed by atoms with Gasteiger partial charge in [-0.15, -0.1) is 12.4 Å². The van der Waals surface area contributed by atoms with E-state index in [1.807, 2.05) is 36.5 Å². The Kier molecular flexibility index (Phi) is 5.86. The van der Waals surface area contributed by atoms with E-state index in [2.05, 4.69) is 9.30 Å². The average Bonchev–Trinajstić information content (AvgIpc) is 3.01. The maximum absolute atomic E-state index is 11.7. The summed E-state index contributed by atoms with van der Waals surface area (Å²) in [6.07, 6.45) is 3.24. The Hall–Kier alpha value is -1.93. The minimum atomic E-state index is -3.21. The van der Waals surface area contributed by atoms with Gasteiger partial charge in [-0.25, -0.2) is 13.4 Å². The van der Waals surface area contributed by atoms with E-state index in [-0.39, 0.29) is 12.4 Å². The Morgan fingerprint density at radius 1 is 1.07 bits per heavy atom. The molecule has 144 valence electrons. The molecule has 2 aromatic heterocycles. The molecule has 0 radical (unpaired) electrons. The molecular weight excluding hydrogens is 386 g/mol. The van der Waals surface area contributed by atoms with E-state index >= 15 is 0 Å². The Morgan fingerprint density at radius 3 is 2.44 bits per heavy atom. The van der Waals surface area contributed by atoms with Crippen LogP contribution in [0.25, 0.3) is 16.9 Å². The van der Waals surface area contributed by atoms with Crippen LogP contribution in [0, 0.1) is 0 Å². The quantitative estimate of drug-likeness (QED) is 0.665. The summed E-state index contributed by atoms with van der Waals surface area (Å²) in [4.78, 5) is 7.47. The number of sulfone groups is 1. The monoisotopic (exact) mass is 407 g/mol. The van der Waals surface area contributed by atoms with Crippen LogP contribution in [0.15, 0.2) is 53.6 Å². The minimum Gasteiger partial charge on any atom is -0.379 e. The normalized spacial score (nSPS) is 15.6. The molecule has 0 spiro atoms. The lowest BCUT2D eigenvalue weighted by Gasteiger charge is -2.26. The molecule has 1 fully saturated rings. The molecule has 1 aliphatic rings. The van der Waals surface area contributed by atoms with Crippen molar-refractivity contribution < 1.29 is 13.2 Å². The van der Waals surface area contributed by atoms with Gasteiger partial charge in [-0.2, -0.15) is 0 Å². The Labute approximate surface area is 165 Å². The van der Waals surface area contributed by atoms with Crippen LogP contribution in [-0.4, -0.2) is 55.3 Å². The van der Waals surface area contributed by atoms with E-state index in [1.165, 1.54) is 6.26 Å². The summed E-state index contributed by atoms with van der Waals surface area (Å²) >= 11 is 0. The molecule has 3 heterocycles. The second kappa shape index (κ2) is 7.98. The molecule has 0 atom stereocenters. The molecule has 3 aromatic rings. The third-order valence-electron chi connectivity index (χ3n) is 4.66. The number of ether oxygens (including phenoxy) is 1. The van der Waals surface area contributed by atoms with Crippen molar-refractivity contribution in [3.63, 3.8) is 0 Å². The number of halogens is 1. The molecule has 1 aromatic carbocycles. The molecule has 0 amide bonds. The van der Waals surface area contributed by atoms with E-state index in [9.17, 15) is 8.42 Å². The fourth-order valence-electron chi connectivity index (χ4n) is 3.26. The van der Waals surface area contributed by atoms with Crippen molar-refractivity contribution in [2.24, 2.45) is 0 Å². The number of hydrogen-bond acceptors (Lipinski definition) is 5. The SMILES string of the molecule is CS(=O)(=O)c1ccc(-c2nc3ccccn3c2CN2CCOCC2)cc1.Cl. The fraction of sp³-hybridized carbons (Fsp3) is 0.316. The maximum atomic E-state index is 11.7. The molecule has 1 aliphatic heterocycles. The van der Waals surface area contributed by atoms with Crippen molar-refractivity contribution in [2.45, 2.75) is 11.4 Å². The van der Waals surface area contributed by atoms with Crippen LogP contribution in [0.2, 0.25) is 0 Å². The molecule has 6 nitrogen and oxygen atoms in total. The number of nitrogens with zero attached hydrogens (tertiary/aromatic N) is 3. The lowest BCUT2D eigenvalue weighted by Crippen LogP contribution is -2.36. The Bertz CT molecular complexity index is 1030. The first kappa shape index (κ1) is 19.8. The number of benzene rings is 1. The van der Waals surface area contributed by atoms with Gasteiger partial charge >= 0.3 is 0 Å². The summed E-state index contributed by atoms with van der Waals surface area (Å²) in [5.41, 5.74) is 3.81. The van der Waals surface area contributed by atoms with Gasteiger partial charge in [-0.05, 0) is 24.3 Å². The molecule has 8 heteroatoms. The van der Waals surface area contributed by atoms with Gasteiger partial charge in [0.15, 0.2) is 9.84 Å². The fourth-order valence-corrected chi connectivity index (χ4v) is 3.89. The second-order valence-corrected chi connectivity index (χ2v) is 8.54. The second-order valence-electron chi connectivity index (χ2n) is 6.52. The third kappa shape index (κ3) is 4.16. The van der Waals surface area contributed by atoms with Gasteiger partial charge in [-0.3, -0.25) is 4.90 Å². The van der Waals surface area contributed by atoms with Crippen LogP contribution in [0.5, 0.6) is 0 Å². The zero-order valence-corrected chi connectivity index (χ0v) is 16.7. The predicted molar refractivity (Wildman–Crippen MR) is 107 cm³/mol. The number of morpholine rings is 1. The highest BCUT2D eigenvalue weighted by Crippen LogP contribution is 2.27. The van der Waals surface area contributed by atoms with E-state index in [1.54, 1.807) is 12.1 Å². The highest BCUT2D eigenvalue weighted by Gasteiger charge is 2.19. The summed E-state index contributed by atoms with van der Waals surface area (Å²) in [6.45, 7) is 4.06. The van der Waals surface area contributed by atoms with E-state index in [0.29, 0.717) is 4.90 Å². The van der Waals surface area contributed by atoms with Gasteiger partial charge in [0.05, 0.1) is 29.5 Å². The first-order valence-corrected chi connectivity index (χ1v) is 10.5. The van der Waals surface area contributed by atoms with Crippen molar-refractivity contribution in [3.8, 4) is 11.3 Å². The molecule has 0 aliphatic carbocycles. The number of imidazole rings is 1. The van der Waals surface area contributed by atoms with Crippen LogP contribution >= 0.6 is 12.4 Å². The van der Waals surface area contributed by atoms with Crippen LogP contribution in [-0.2, 0) is 21.1 Å². The van der Waals surface area contributed by atoms with Crippen molar-refractivity contribution in [2.75, 3.05) is 32.6 Å². The summed E-state index contributed by atoms with van der Waals surface area (Å²) < 4.78 is 31.0. The van der Waals surface area contributed by atoms with Crippen molar-refractivity contribution in [3.05, 3.63) is 54.4 Å². The van der Waals surface area contributed by atoms with Crippen LogP contribution in [0.1, 0.15) is 5.69 Å².